The van der Waals surface area contributed by atoms with Gasteiger partial charge < -0.3 is 20.2 Å². The first kappa shape index (κ1) is 18.3. The lowest BCUT2D eigenvalue weighted by atomic mass is 9.78. The van der Waals surface area contributed by atoms with E-state index in [1.54, 1.807) is 25.4 Å². The first-order valence-corrected chi connectivity index (χ1v) is 9.32. The zero-order chi connectivity index (χ0) is 19.8. The number of furan rings is 1. The van der Waals surface area contributed by atoms with Crippen LogP contribution in [0.1, 0.15) is 35.5 Å². The second-order valence-corrected chi connectivity index (χ2v) is 7.54. The predicted octanol–water partition coefficient (Wildman–Crippen LogP) is 1.63. The van der Waals surface area contributed by atoms with E-state index >= 15 is 0 Å². The second kappa shape index (κ2) is 7.14. The Morgan fingerprint density at radius 3 is 2.71 bits per heavy atom. The van der Waals surface area contributed by atoms with Crippen molar-refractivity contribution in [3.05, 3.63) is 36.0 Å². The number of hydrogen-bond donors (Lipinski definition) is 3. The molecule has 9 heteroatoms. The topological polar surface area (TPSA) is 126 Å². The number of aliphatic carboxylic acids is 1. The number of fused-ring (bicyclic) bond motifs is 2. The van der Waals surface area contributed by atoms with Crippen LogP contribution >= 0.6 is 0 Å². The molecule has 0 unspecified atom stereocenters. The molecule has 2 amide bonds. The van der Waals surface area contributed by atoms with E-state index in [-0.39, 0.29) is 35.7 Å². The molecule has 2 aliphatic carbocycles. The van der Waals surface area contributed by atoms with Crippen LogP contribution in [0.5, 0.6) is 0 Å². The van der Waals surface area contributed by atoms with Crippen LogP contribution in [-0.4, -0.2) is 32.7 Å². The number of hydrogen-bond acceptors (Lipinski definition) is 5. The number of aromatic nitrogens is 2. The van der Waals surface area contributed by atoms with Gasteiger partial charge in [-0.15, -0.1) is 0 Å². The lowest BCUT2D eigenvalue weighted by Crippen LogP contribution is -2.38. The molecule has 0 saturated heterocycles. The minimum Gasteiger partial charge on any atom is -0.481 e. The van der Waals surface area contributed by atoms with Gasteiger partial charge in [0.1, 0.15) is 5.76 Å². The zero-order valence-corrected chi connectivity index (χ0v) is 15.4. The van der Waals surface area contributed by atoms with Gasteiger partial charge in [-0.2, -0.15) is 5.10 Å². The van der Waals surface area contributed by atoms with Gasteiger partial charge in [-0.1, -0.05) is 0 Å². The third-order valence-electron chi connectivity index (χ3n) is 5.81. The summed E-state index contributed by atoms with van der Waals surface area (Å²) in [6, 6.07) is 3.46. The summed E-state index contributed by atoms with van der Waals surface area (Å²) in [5.41, 5.74) is 0.355. The second-order valence-electron chi connectivity index (χ2n) is 7.54. The quantitative estimate of drug-likeness (QED) is 0.693. The monoisotopic (exact) mass is 386 g/mol. The molecular formula is C19H22N4O5. The van der Waals surface area contributed by atoms with Crippen molar-refractivity contribution in [2.45, 2.75) is 25.8 Å². The summed E-state index contributed by atoms with van der Waals surface area (Å²) in [5, 5.41) is 19.1. The summed E-state index contributed by atoms with van der Waals surface area (Å²) >= 11 is 0. The van der Waals surface area contributed by atoms with Crippen LogP contribution in [0.3, 0.4) is 0 Å². The molecule has 2 aromatic heterocycles. The van der Waals surface area contributed by atoms with Crippen LogP contribution in [0, 0.1) is 23.7 Å². The Morgan fingerprint density at radius 2 is 2.04 bits per heavy atom. The first-order chi connectivity index (χ1) is 13.4. The van der Waals surface area contributed by atoms with E-state index in [1.165, 1.54) is 10.9 Å². The van der Waals surface area contributed by atoms with Crippen LogP contribution in [0.4, 0.5) is 5.69 Å². The van der Waals surface area contributed by atoms with Gasteiger partial charge >= 0.3 is 5.97 Å². The van der Waals surface area contributed by atoms with Crippen molar-refractivity contribution in [1.29, 1.82) is 0 Å². The minimum atomic E-state index is -0.921. The number of carboxylic acids is 1. The molecule has 2 heterocycles. The largest absolute Gasteiger partial charge is 0.481 e. The SMILES string of the molecule is Cn1cc(NC(=O)[C@@H]2[C@H]3CC[C@@H](C3)[C@@H]2C(=O)O)c(C(=O)NCc2ccco2)n1. The summed E-state index contributed by atoms with van der Waals surface area (Å²) in [4.78, 5) is 37.1. The van der Waals surface area contributed by atoms with E-state index in [9.17, 15) is 19.5 Å². The average molecular weight is 386 g/mol. The third kappa shape index (κ3) is 3.28. The Bertz CT molecular complexity index is 904. The summed E-state index contributed by atoms with van der Waals surface area (Å²) in [6.07, 6.45) is 5.57. The normalized spacial score (nSPS) is 25.6. The van der Waals surface area contributed by atoms with E-state index in [2.05, 4.69) is 15.7 Å². The van der Waals surface area contributed by atoms with Crippen LogP contribution in [0.25, 0.3) is 0 Å². The maximum atomic E-state index is 12.9. The molecule has 2 fully saturated rings. The lowest BCUT2D eigenvalue weighted by molar-refractivity contribution is -0.148. The van der Waals surface area contributed by atoms with Crippen molar-refractivity contribution in [3.8, 4) is 0 Å². The van der Waals surface area contributed by atoms with Gasteiger partial charge in [-0.3, -0.25) is 19.1 Å². The van der Waals surface area contributed by atoms with Gasteiger partial charge in [0.05, 0.1) is 30.3 Å². The average Bonchev–Trinajstić information content (AvgIpc) is 3.43. The highest BCUT2D eigenvalue weighted by atomic mass is 16.4. The van der Waals surface area contributed by atoms with Crippen molar-refractivity contribution in [2.75, 3.05) is 5.32 Å². The summed E-state index contributed by atoms with van der Waals surface area (Å²) < 4.78 is 6.62. The van der Waals surface area contributed by atoms with E-state index in [4.69, 9.17) is 4.42 Å². The number of carbonyl (C=O) groups is 3. The number of anilines is 1. The number of aryl methyl sites for hydroxylation is 1. The molecule has 0 aromatic carbocycles. The molecule has 9 nitrogen and oxygen atoms in total. The van der Waals surface area contributed by atoms with E-state index < -0.39 is 23.7 Å². The van der Waals surface area contributed by atoms with Crippen molar-refractivity contribution in [2.24, 2.45) is 30.7 Å². The summed E-state index contributed by atoms with van der Waals surface area (Å²) in [6.45, 7) is 0.198. The number of nitrogens with one attached hydrogen (secondary N) is 2. The molecule has 0 aliphatic heterocycles. The predicted molar refractivity (Wildman–Crippen MR) is 97.2 cm³/mol. The zero-order valence-electron chi connectivity index (χ0n) is 15.4. The van der Waals surface area contributed by atoms with E-state index in [1.807, 2.05) is 0 Å². The fraction of sp³-hybridized carbons (Fsp3) is 0.474. The molecule has 28 heavy (non-hydrogen) atoms. The fourth-order valence-electron chi connectivity index (χ4n) is 4.65. The van der Waals surface area contributed by atoms with E-state index in [0.717, 1.165) is 19.3 Å². The maximum absolute atomic E-state index is 12.9. The van der Waals surface area contributed by atoms with Crippen LogP contribution in [0.15, 0.2) is 29.0 Å². The number of carboxylic acid groups (broad SMARTS) is 1. The standard InChI is InChI=1S/C19H22N4O5/c1-23-9-13(16(22-23)18(25)20-8-12-3-2-6-28-12)21-17(24)14-10-4-5-11(7-10)15(14)19(26)27/h2-3,6,9-11,14-15H,4-5,7-8H2,1H3,(H,20,25)(H,21,24)(H,26,27)/t10-,11-,14+,15-/m0/s1. The number of amides is 2. The number of rotatable bonds is 6. The maximum Gasteiger partial charge on any atom is 0.307 e. The molecule has 2 bridgehead atoms. The Labute approximate surface area is 161 Å². The van der Waals surface area contributed by atoms with Gasteiger partial charge in [0, 0.05) is 13.2 Å². The van der Waals surface area contributed by atoms with Crippen molar-refractivity contribution < 1.29 is 23.9 Å². The van der Waals surface area contributed by atoms with Crippen molar-refractivity contribution in [3.63, 3.8) is 0 Å². The third-order valence-corrected chi connectivity index (χ3v) is 5.81. The lowest BCUT2D eigenvalue weighted by Gasteiger charge is -2.26. The molecular weight excluding hydrogens is 364 g/mol. The molecule has 4 atom stereocenters. The Hall–Kier alpha value is -3.10. The van der Waals surface area contributed by atoms with Gasteiger partial charge in [0.2, 0.25) is 5.91 Å². The van der Waals surface area contributed by atoms with Crippen LogP contribution < -0.4 is 10.6 Å². The highest BCUT2D eigenvalue weighted by Gasteiger charge is 2.54. The summed E-state index contributed by atoms with van der Waals surface area (Å²) in [7, 11) is 1.65. The highest BCUT2D eigenvalue weighted by molar-refractivity contribution is 6.03. The molecule has 0 spiro atoms. The molecule has 2 aromatic rings. The van der Waals surface area contributed by atoms with Crippen molar-refractivity contribution in [1.82, 2.24) is 15.1 Å². The molecule has 2 saturated carbocycles. The Morgan fingerprint density at radius 1 is 1.29 bits per heavy atom. The van der Waals surface area contributed by atoms with Crippen molar-refractivity contribution >= 4 is 23.5 Å². The first-order valence-electron chi connectivity index (χ1n) is 9.32. The van der Waals surface area contributed by atoms with Crippen LogP contribution in [0.2, 0.25) is 0 Å². The molecule has 148 valence electrons. The molecule has 0 radical (unpaired) electrons. The Balaban J connectivity index is 1.48. The minimum absolute atomic E-state index is 0.0585. The molecule has 4 rings (SSSR count). The van der Waals surface area contributed by atoms with Gasteiger partial charge in [0.15, 0.2) is 5.69 Å². The number of nitrogens with zero attached hydrogens (tertiary/aromatic N) is 2. The van der Waals surface area contributed by atoms with E-state index in [0.29, 0.717) is 5.76 Å². The summed E-state index contributed by atoms with van der Waals surface area (Å²) in [5.74, 6) is -2.22. The Kier molecular flexibility index (Phi) is 4.66. The smallest absolute Gasteiger partial charge is 0.307 e. The van der Waals surface area contributed by atoms with Crippen LogP contribution in [-0.2, 0) is 23.2 Å². The fourth-order valence-corrected chi connectivity index (χ4v) is 4.65. The van der Waals surface area contributed by atoms with Gasteiger partial charge in [-0.25, -0.2) is 0 Å². The van der Waals surface area contributed by atoms with Gasteiger partial charge in [-0.05, 0) is 43.2 Å². The van der Waals surface area contributed by atoms with Gasteiger partial charge in [0.25, 0.3) is 5.91 Å². The number of carbonyl (C=O) groups excluding carboxylic acids is 2. The molecule has 2 aliphatic rings. The highest BCUT2D eigenvalue weighted by Crippen LogP contribution is 2.52. The molecule has 3 N–H and O–H groups in total.